The first-order valence-corrected chi connectivity index (χ1v) is 6.49. The molecule has 0 saturated carbocycles. The Morgan fingerprint density at radius 3 is 2.83 bits per heavy atom. The molecule has 3 heteroatoms. The van der Waals surface area contributed by atoms with Crippen LogP contribution in [0.5, 0.6) is 0 Å². The highest BCUT2D eigenvalue weighted by atomic mass is 79.9. The summed E-state index contributed by atoms with van der Waals surface area (Å²) < 4.78 is 0.946. The van der Waals surface area contributed by atoms with Gasteiger partial charge in [-0.3, -0.25) is 9.79 Å². The number of carbonyl (C=O) groups is 1. The summed E-state index contributed by atoms with van der Waals surface area (Å²) in [5.74, 6) is -0.118. The number of rotatable bonds is 1. The Hall–Kier alpha value is -1.74. The molecule has 3 rings (SSSR count). The third kappa shape index (κ3) is 1.91. The van der Waals surface area contributed by atoms with Gasteiger partial charge in [0.05, 0.1) is 17.3 Å². The molecular formula is C15H10BrNO. The number of hydrogen-bond donors (Lipinski definition) is 0. The number of benzene rings is 1. The minimum absolute atomic E-state index is 0.0892. The summed E-state index contributed by atoms with van der Waals surface area (Å²) in [6, 6.07) is 7.78. The molecule has 0 saturated heterocycles. The molecule has 1 unspecified atom stereocenters. The first-order chi connectivity index (χ1) is 8.75. The Labute approximate surface area is 114 Å². The van der Waals surface area contributed by atoms with E-state index in [1.165, 1.54) is 0 Å². The van der Waals surface area contributed by atoms with Crippen LogP contribution in [0.4, 0.5) is 0 Å². The fourth-order valence-electron chi connectivity index (χ4n) is 2.08. The lowest BCUT2D eigenvalue weighted by Crippen LogP contribution is -2.24. The standard InChI is InChI=1S/C15H10BrNO/c16-12-7-3-1-5-10(12)14-9-15(18)11-6-2-4-8-13(11)17-14/h1-9,11H. The predicted octanol–water partition coefficient (Wildman–Crippen LogP) is 3.56. The summed E-state index contributed by atoms with van der Waals surface area (Å²) >= 11 is 3.49. The van der Waals surface area contributed by atoms with Gasteiger partial charge < -0.3 is 0 Å². The van der Waals surface area contributed by atoms with E-state index in [4.69, 9.17) is 0 Å². The van der Waals surface area contributed by atoms with Crippen LogP contribution < -0.4 is 0 Å². The second-order valence-corrected chi connectivity index (χ2v) is 5.02. The number of hydrogen-bond acceptors (Lipinski definition) is 2. The van der Waals surface area contributed by atoms with E-state index in [0.717, 1.165) is 21.4 Å². The molecule has 1 aromatic carbocycles. The lowest BCUT2D eigenvalue weighted by Gasteiger charge is -2.19. The third-order valence-corrected chi connectivity index (χ3v) is 3.68. The van der Waals surface area contributed by atoms with Crippen molar-refractivity contribution in [1.29, 1.82) is 0 Å². The van der Waals surface area contributed by atoms with Crippen LogP contribution in [-0.2, 0) is 4.79 Å². The van der Waals surface area contributed by atoms with Crippen molar-refractivity contribution in [3.8, 4) is 0 Å². The van der Waals surface area contributed by atoms with Crippen LogP contribution >= 0.6 is 15.9 Å². The average molecular weight is 300 g/mol. The van der Waals surface area contributed by atoms with Gasteiger partial charge in [-0.15, -0.1) is 0 Å². The molecule has 1 heterocycles. The van der Waals surface area contributed by atoms with Crippen LogP contribution in [0, 0.1) is 5.92 Å². The summed E-state index contributed by atoms with van der Waals surface area (Å²) in [7, 11) is 0. The maximum atomic E-state index is 12.1. The number of fused-ring (bicyclic) bond motifs is 1. The van der Waals surface area contributed by atoms with Crippen molar-refractivity contribution in [1.82, 2.24) is 0 Å². The van der Waals surface area contributed by atoms with Crippen molar-refractivity contribution >= 4 is 33.1 Å². The van der Waals surface area contributed by atoms with Crippen molar-refractivity contribution in [3.05, 3.63) is 64.7 Å². The van der Waals surface area contributed by atoms with Crippen LogP contribution in [0.1, 0.15) is 5.56 Å². The topological polar surface area (TPSA) is 29.4 Å². The third-order valence-electron chi connectivity index (χ3n) is 2.99. The monoisotopic (exact) mass is 299 g/mol. The fraction of sp³-hybridized carbons (Fsp3) is 0.0667. The fourth-order valence-corrected chi connectivity index (χ4v) is 2.57. The van der Waals surface area contributed by atoms with Crippen LogP contribution in [0.15, 0.2) is 64.1 Å². The summed E-state index contributed by atoms with van der Waals surface area (Å²) in [6.45, 7) is 0. The second-order valence-electron chi connectivity index (χ2n) is 4.17. The summed E-state index contributed by atoms with van der Waals surface area (Å²) in [5.41, 5.74) is 2.48. The van der Waals surface area contributed by atoms with Crippen molar-refractivity contribution in [2.75, 3.05) is 0 Å². The molecule has 1 aliphatic carbocycles. The molecule has 0 bridgehead atoms. The summed E-state index contributed by atoms with van der Waals surface area (Å²) in [4.78, 5) is 16.6. The lowest BCUT2D eigenvalue weighted by atomic mass is 9.90. The first-order valence-electron chi connectivity index (χ1n) is 5.69. The zero-order chi connectivity index (χ0) is 12.5. The van der Waals surface area contributed by atoms with Gasteiger partial charge in [0.2, 0.25) is 0 Å². The molecule has 2 nitrogen and oxygen atoms in total. The van der Waals surface area contributed by atoms with Gasteiger partial charge in [-0.1, -0.05) is 52.4 Å². The molecule has 0 spiro atoms. The summed E-state index contributed by atoms with van der Waals surface area (Å²) in [6.07, 6.45) is 9.20. The highest BCUT2D eigenvalue weighted by molar-refractivity contribution is 9.10. The van der Waals surface area contributed by atoms with Crippen LogP contribution in [0.3, 0.4) is 0 Å². The number of carbonyl (C=O) groups excluding carboxylic acids is 1. The number of halogens is 1. The molecule has 0 amide bonds. The molecule has 0 aromatic heterocycles. The number of nitrogens with zero attached hydrogens (tertiary/aromatic N) is 1. The average Bonchev–Trinajstić information content (AvgIpc) is 2.39. The maximum Gasteiger partial charge on any atom is 0.170 e. The largest absolute Gasteiger partial charge is 0.294 e. The smallest absolute Gasteiger partial charge is 0.170 e. The Morgan fingerprint density at radius 2 is 2.00 bits per heavy atom. The van der Waals surface area contributed by atoms with E-state index >= 15 is 0 Å². The molecule has 1 aliphatic heterocycles. The van der Waals surface area contributed by atoms with Crippen LogP contribution in [0.2, 0.25) is 0 Å². The number of allylic oxidation sites excluding steroid dienone is 5. The van der Waals surface area contributed by atoms with Crippen LogP contribution in [-0.4, -0.2) is 11.5 Å². The van der Waals surface area contributed by atoms with E-state index in [9.17, 15) is 4.79 Å². The Bertz CT molecular complexity index is 638. The molecule has 0 N–H and O–H groups in total. The van der Waals surface area contributed by atoms with E-state index in [0.29, 0.717) is 0 Å². The van der Waals surface area contributed by atoms with Crippen LogP contribution in [0.25, 0.3) is 5.70 Å². The van der Waals surface area contributed by atoms with Crippen molar-refractivity contribution in [3.63, 3.8) is 0 Å². The number of ketones is 1. The van der Waals surface area contributed by atoms with E-state index < -0.39 is 0 Å². The molecule has 1 aromatic rings. The molecule has 0 fully saturated rings. The lowest BCUT2D eigenvalue weighted by molar-refractivity contribution is -0.115. The highest BCUT2D eigenvalue weighted by Gasteiger charge is 2.25. The minimum Gasteiger partial charge on any atom is -0.294 e. The van der Waals surface area contributed by atoms with E-state index in [2.05, 4.69) is 20.9 Å². The molecule has 1 atom stereocenters. The van der Waals surface area contributed by atoms with Crippen molar-refractivity contribution < 1.29 is 4.79 Å². The van der Waals surface area contributed by atoms with Gasteiger partial charge >= 0.3 is 0 Å². The van der Waals surface area contributed by atoms with E-state index in [1.54, 1.807) is 6.08 Å². The SMILES string of the molecule is O=C1C=C(c2ccccc2Br)N=C2C=CC=CC12. The number of aliphatic imine (C=N–C) groups is 1. The minimum atomic E-state index is -0.207. The van der Waals surface area contributed by atoms with Gasteiger partial charge in [0.1, 0.15) is 0 Å². The molecule has 18 heavy (non-hydrogen) atoms. The zero-order valence-corrected chi connectivity index (χ0v) is 11.1. The van der Waals surface area contributed by atoms with E-state index in [1.807, 2.05) is 48.6 Å². The van der Waals surface area contributed by atoms with Crippen molar-refractivity contribution in [2.45, 2.75) is 0 Å². The molecule has 88 valence electrons. The first kappa shape index (κ1) is 11.4. The van der Waals surface area contributed by atoms with Gasteiger partial charge in [0.25, 0.3) is 0 Å². The Kier molecular flexibility index (Phi) is 2.84. The Balaban J connectivity index is 2.08. The van der Waals surface area contributed by atoms with Gasteiger partial charge in [-0.25, -0.2) is 0 Å². The van der Waals surface area contributed by atoms with Gasteiger partial charge in [0.15, 0.2) is 5.78 Å². The quantitative estimate of drug-likeness (QED) is 0.780. The molecule has 2 aliphatic rings. The zero-order valence-electron chi connectivity index (χ0n) is 9.51. The van der Waals surface area contributed by atoms with Gasteiger partial charge in [-0.2, -0.15) is 0 Å². The second kappa shape index (κ2) is 4.50. The maximum absolute atomic E-state index is 12.1. The van der Waals surface area contributed by atoms with E-state index in [-0.39, 0.29) is 11.7 Å². The Morgan fingerprint density at radius 1 is 1.17 bits per heavy atom. The van der Waals surface area contributed by atoms with Crippen molar-refractivity contribution in [2.24, 2.45) is 10.9 Å². The highest BCUT2D eigenvalue weighted by Crippen LogP contribution is 2.29. The predicted molar refractivity (Wildman–Crippen MR) is 76.3 cm³/mol. The summed E-state index contributed by atoms with van der Waals surface area (Å²) in [5, 5.41) is 0. The molecule has 0 radical (unpaired) electrons. The van der Waals surface area contributed by atoms with Gasteiger partial charge in [0, 0.05) is 16.1 Å². The van der Waals surface area contributed by atoms with Gasteiger partial charge in [-0.05, 0) is 12.1 Å². The molecular weight excluding hydrogens is 290 g/mol. The normalized spacial score (nSPS) is 21.4.